The molecule has 0 aromatic heterocycles. The molecule has 0 atom stereocenters. The smallest absolute Gasteiger partial charge is 0.123 e. The molecule has 0 amide bonds. The van der Waals surface area contributed by atoms with Gasteiger partial charge in [0.1, 0.15) is 5.75 Å². The predicted molar refractivity (Wildman–Crippen MR) is 82.7 cm³/mol. The molecule has 0 bridgehead atoms. The first kappa shape index (κ1) is 16.5. The summed E-state index contributed by atoms with van der Waals surface area (Å²) in [5.41, 5.74) is 1.19. The Bertz CT molecular complexity index is 369. The molecule has 0 heterocycles. The molecule has 0 fully saturated rings. The lowest BCUT2D eigenvalue weighted by molar-refractivity contribution is 0.171. The first-order chi connectivity index (χ1) is 9.13. The molecule has 1 aromatic rings. The van der Waals surface area contributed by atoms with Crippen molar-refractivity contribution in [1.82, 2.24) is 5.32 Å². The second kappa shape index (κ2) is 9.34. The highest BCUT2D eigenvalue weighted by molar-refractivity contribution is 9.10. The van der Waals surface area contributed by atoms with Gasteiger partial charge in [-0.2, -0.15) is 0 Å². The highest BCUT2D eigenvalue weighted by atomic mass is 79.9. The largest absolute Gasteiger partial charge is 0.493 e. The molecule has 0 saturated carbocycles. The maximum atomic E-state index is 5.81. The first-order valence-electron chi connectivity index (χ1n) is 6.74. The number of rotatable bonds is 9. The minimum Gasteiger partial charge on any atom is -0.493 e. The van der Waals surface area contributed by atoms with E-state index >= 15 is 0 Å². The molecule has 4 heteroatoms. The SMILES string of the molecule is COCCCOc1ccc(Br)cc1CNCC(C)C. The van der Waals surface area contributed by atoms with E-state index in [0.717, 1.165) is 36.3 Å². The zero-order chi connectivity index (χ0) is 14.1. The van der Waals surface area contributed by atoms with Crippen molar-refractivity contribution in [3.8, 4) is 5.75 Å². The molecule has 1 aromatic carbocycles. The van der Waals surface area contributed by atoms with E-state index in [0.29, 0.717) is 12.5 Å². The van der Waals surface area contributed by atoms with E-state index in [2.05, 4.69) is 41.2 Å². The van der Waals surface area contributed by atoms with Gasteiger partial charge in [-0.25, -0.2) is 0 Å². The Morgan fingerprint density at radius 2 is 2.05 bits per heavy atom. The molecule has 1 N–H and O–H groups in total. The fraction of sp³-hybridized carbons (Fsp3) is 0.600. The van der Waals surface area contributed by atoms with E-state index in [4.69, 9.17) is 9.47 Å². The Morgan fingerprint density at radius 1 is 1.26 bits per heavy atom. The monoisotopic (exact) mass is 329 g/mol. The molecule has 0 aliphatic rings. The molecule has 0 radical (unpaired) electrons. The van der Waals surface area contributed by atoms with Crippen LogP contribution in [-0.2, 0) is 11.3 Å². The zero-order valence-electron chi connectivity index (χ0n) is 12.0. The number of benzene rings is 1. The lowest BCUT2D eigenvalue weighted by Crippen LogP contribution is -2.19. The maximum Gasteiger partial charge on any atom is 0.123 e. The standard InChI is InChI=1S/C15H24BrNO2/c1-12(2)10-17-11-13-9-14(16)5-6-15(13)19-8-4-7-18-3/h5-6,9,12,17H,4,7-8,10-11H2,1-3H3. The highest BCUT2D eigenvalue weighted by Gasteiger charge is 2.05. The number of ether oxygens (including phenoxy) is 2. The molecule has 19 heavy (non-hydrogen) atoms. The van der Waals surface area contributed by atoms with Gasteiger partial charge >= 0.3 is 0 Å². The van der Waals surface area contributed by atoms with Crippen LogP contribution in [0.2, 0.25) is 0 Å². The van der Waals surface area contributed by atoms with Crippen LogP contribution >= 0.6 is 15.9 Å². The molecule has 0 spiro atoms. The lowest BCUT2D eigenvalue weighted by Gasteiger charge is -2.13. The van der Waals surface area contributed by atoms with Crippen molar-refractivity contribution in [2.75, 3.05) is 26.9 Å². The van der Waals surface area contributed by atoms with E-state index in [1.165, 1.54) is 5.56 Å². The number of nitrogens with one attached hydrogen (secondary N) is 1. The van der Waals surface area contributed by atoms with E-state index in [1.807, 2.05) is 12.1 Å². The summed E-state index contributed by atoms with van der Waals surface area (Å²) < 4.78 is 11.9. The quantitative estimate of drug-likeness (QED) is 0.702. The van der Waals surface area contributed by atoms with Crippen LogP contribution in [0.4, 0.5) is 0 Å². The Balaban J connectivity index is 2.53. The van der Waals surface area contributed by atoms with Gasteiger partial charge in [0.05, 0.1) is 6.61 Å². The van der Waals surface area contributed by atoms with Crippen LogP contribution in [0, 0.1) is 5.92 Å². The normalized spacial score (nSPS) is 11.0. The van der Waals surface area contributed by atoms with E-state index in [-0.39, 0.29) is 0 Å². The zero-order valence-corrected chi connectivity index (χ0v) is 13.6. The van der Waals surface area contributed by atoms with E-state index < -0.39 is 0 Å². The third kappa shape index (κ3) is 6.95. The average Bonchev–Trinajstić information content (AvgIpc) is 2.36. The summed E-state index contributed by atoms with van der Waals surface area (Å²) in [6.45, 7) is 7.67. The van der Waals surface area contributed by atoms with Gasteiger partial charge in [-0.1, -0.05) is 29.8 Å². The maximum absolute atomic E-state index is 5.81. The fourth-order valence-electron chi connectivity index (χ4n) is 1.71. The van der Waals surface area contributed by atoms with Crippen LogP contribution in [0.5, 0.6) is 5.75 Å². The van der Waals surface area contributed by atoms with Crippen molar-refractivity contribution in [3.05, 3.63) is 28.2 Å². The molecule has 108 valence electrons. The minimum absolute atomic E-state index is 0.651. The topological polar surface area (TPSA) is 30.5 Å². The molecular weight excluding hydrogens is 306 g/mol. The van der Waals surface area contributed by atoms with Crippen molar-refractivity contribution in [1.29, 1.82) is 0 Å². The minimum atomic E-state index is 0.651. The Hall–Kier alpha value is -0.580. The van der Waals surface area contributed by atoms with Crippen LogP contribution < -0.4 is 10.1 Å². The van der Waals surface area contributed by atoms with Crippen molar-refractivity contribution >= 4 is 15.9 Å². The summed E-state index contributed by atoms with van der Waals surface area (Å²) >= 11 is 3.51. The summed E-state index contributed by atoms with van der Waals surface area (Å²) in [5, 5.41) is 3.44. The Kier molecular flexibility index (Phi) is 8.10. The molecule has 1 rings (SSSR count). The first-order valence-corrected chi connectivity index (χ1v) is 7.53. The molecular formula is C15H24BrNO2. The Morgan fingerprint density at radius 3 is 2.74 bits per heavy atom. The van der Waals surface area contributed by atoms with Crippen LogP contribution in [-0.4, -0.2) is 26.9 Å². The van der Waals surface area contributed by atoms with Gasteiger partial charge in [-0.15, -0.1) is 0 Å². The van der Waals surface area contributed by atoms with Crippen LogP contribution in [0.3, 0.4) is 0 Å². The Labute approximate surface area is 124 Å². The molecule has 0 unspecified atom stereocenters. The van der Waals surface area contributed by atoms with Gasteiger partial charge in [-0.3, -0.25) is 0 Å². The number of methoxy groups -OCH3 is 1. The van der Waals surface area contributed by atoms with Gasteiger partial charge in [0.25, 0.3) is 0 Å². The van der Waals surface area contributed by atoms with Crippen molar-refractivity contribution in [2.45, 2.75) is 26.8 Å². The third-order valence-corrected chi connectivity index (χ3v) is 3.13. The summed E-state index contributed by atoms with van der Waals surface area (Å²) in [6.07, 6.45) is 0.908. The summed E-state index contributed by atoms with van der Waals surface area (Å²) in [4.78, 5) is 0. The van der Waals surface area contributed by atoms with Crippen LogP contribution in [0.1, 0.15) is 25.8 Å². The second-order valence-corrected chi connectivity index (χ2v) is 5.89. The molecule has 3 nitrogen and oxygen atoms in total. The third-order valence-electron chi connectivity index (χ3n) is 2.64. The number of halogens is 1. The predicted octanol–water partition coefficient (Wildman–Crippen LogP) is 3.61. The van der Waals surface area contributed by atoms with Crippen LogP contribution in [0.25, 0.3) is 0 Å². The second-order valence-electron chi connectivity index (χ2n) is 4.97. The average molecular weight is 330 g/mol. The van der Waals surface area contributed by atoms with Gasteiger partial charge in [0.2, 0.25) is 0 Å². The van der Waals surface area contributed by atoms with Gasteiger partial charge < -0.3 is 14.8 Å². The number of hydrogen-bond acceptors (Lipinski definition) is 3. The van der Waals surface area contributed by atoms with E-state index in [9.17, 15) is 0 Å². The van der Waals surface area contributed by atoms with Gasteiger partial charge in [0, 0.05) is 36.7 Å². The van der Waals surface area contributed by atoms with Crippen molar-refractivity contribution in [3.63, 3.8) is 0 Å². The van der Waals surface area contributed by atoms with Crippen molar-refractivity contribution in [2.24, 2.45) is 5.92 Å². The molecule has 0 saturated heterocycles. The summed E-state index contributed by atoms with van der Waals surface area (Å²) in [6, 6.07) is 6.14. The lowest BCUT2D eigenvalue weighted by atomic mass is 10.2. The molecule has 0 aliphatic heterocycles. The van der Waals surface area contributed by atoms with E-state index in [1.54, 1.807) is 7.11 Å². The van der Waals surface area contributed by atoms with Crippen LogP contribution in [0.15, 0.2) is 22.7 Å². The molecule has 0 aliphatic carbocycles. The summed E-state index contributed by atoms with van der Waals surface area (Å²) in [5.74, 6) is 1.61. The van der Waals surface area contributed by atoms with Gasteiger partial charge in [-0.05, 0) is 30.7 Å². The summed E-state index contributed by atoms with van der Waals surface area (Å²) in [7, 11) is 1.71. The van der Waals surface area contributed by atoms with Gasteiger partial charge in [0.15, 0.2) is 0 Å². The highest BCUT2D eigenvalue weighted by Crippen LogP contribution is 2.23. The van der Waals surface area contributed by atoms with Crippen molar-refractivity contribution < 1.29 is 9.47 Å². The number of hydrogen-bond donors (Lipinski definition) is 1. The fourth-order valence-corrected chi connectivity index (χ4v) is 2.12.